The predicted molar refractivity (Wildman–Crippen MR) is 109 cm³/mol. The van der Waals surface area contributed by atoms with Crippen LogP contribution in [0.15, 0.2) is 30.3 Å². The molecule has 1 aromatic carbocycles. The molecule has 0 saturated carbocycles. The molecule has 28 heavy (non-hydrogen) atoms. The molecule has 3 amide bonds. The Morgan fingerprint density at radius 1 is 1.14 bits per heavy atom. The lowest BCUT2D eigenvalue weighted by atomic mass is 9.85. The summed E-state index contributed by atoms with van der Waals surface area (Å²) >= 11 is 0. The van der Waals surface area contributed by atoms with Crippen molar-refractivity contribution in [1.82, 2.24) is 14.7 Å². The van der Waals surface area contributed by atoms with Crippen LogP contribution in [-0.4, -0.2) is 72.1 Å². The van der Waals surface area contributed by atoms with Crippen LogP contribution >= 0.6 is 0 Å². The van der Waals surface area contributed by atoms with E-state index in [2.05, 4.69) is 18.7 Å². The molecule has 1 spiro atoms. The number of hydrogen-bond donors (Lipinski definition) is 0. The molecule has 2 aliphatic rings. The van der Waals surface area contributed by atoms with Gasteiger partial charge in [-0.05, 0) is 24.3 Å². The summed E-state index contributed by atoms with van der Waals surface area (Å²) in [5.41, 5.74) is 0.339. The van der Waals surface area contributed by atoms with E-state index in [9.17, 15) is 9.59 Å². The number of ether oxygens (including phenoxy) is 1. The maximum atomic E-state index is 13.4. The lowest BCUT2D eigenvalue weighted by Gasteiger charge is -2.42. The number of nitrogens with zero attached hydrogens (tertiary/aromatic N) is 3. The summed E-state index contributed by atoms with van der Waals surface area (Å²) in [5, 5.41) is 0. The van der Waals surface area contributed by atoms with Crippen molar-refractivity contribution in [2.24, 2.45) is 5.92 Å². The van der Waals surface area contributed by atoms with Crippen molar-refractivity contribution in [3.8, 4) is 0 Å². The molecule has 0 aromatic heterocycles. The molecule has 0 aliphatic carbocycles. The lowest BCUT2D eigenvalue weighted by molar-refractivity contribution is -0.136. The summed E-state index contributed by atoms with van der Waals surface area (Å²) in [6, 6.07) is 9.77. The number of methoxy groups -OCH3 is 1. The Balaban J connectivity index is 1.81. The van der Waals surface area contributed by atoms with E-state index in [1.54, 1.807) is 7.11 Å². The van der Waals surface area contributed by atoms with Gasteiger partial charge in [0.05, 0.1) is 13.2 Å². The number of urea groups is 1. The second-order valence-corrected chi connectivity index (χ2v) is 8.15. The molecule has 6 heteroatoms. The van der Waals surface area contributed by atoms with E-state index in [0.717, 1.165) is 31.6 Å². The van der Waals surface area contributed by atoms with Crippen LogP contribution in [0, 0.1) is 5.92 Å². The van der Waals surface area contributed by atoms with Gasteiger partial charge in [0, 0.05) is 33.3 Å². The van der Waals surface area contributed by atoms with Gasteiger partial charge in [0.2, 0.25) is 0 Å². The molecule has 2 heterocycles. The Bertz CT molecular complexity index is 671. The van der Waals surface area contributed by atoms with Crippen molar-refractivity contribution < 1.29 is 14.3 Å². The maximum absolute atomic E-state index is 13.4. The number of rotatable bonds is 8. The van der Waals surface area contributed by atoms with Crippen LogP contribution in [0.4, 0.5) is 4.79 Å². The molecule has 2 aliphatic heterocycles. The largest absolute Gasteiger partial charge is 0.383 e. The third-order valence-electron chi connectivity index (χ3n) is 6.27. The first kappa shape index (κ1) is 20.8. The molecule has 2 saturated heterocycles. The van der Waals surface area contributed by atoms with Crippen LogP contribution in [0.1, 0.15) is 38.7 Å². The van der Waals surface area contributed by atoms with Crippen LogP contribution in [0.5, 0.6) is 0 Å². The van der Waals surface area contributed by atoms with Gasteiger partial charge in [0.1, 0.15) is 5.54 Å². The van der Waals surface area contributed by atoms with Gasteiger partial charge in [0.25, 0.3) is 5.91 Å². The summed E-state index contributed by atoms with van der Waals surface area (Å²) in [5.74, 6) is 0.599. The molecular formula is C22H33N3O3. The molecule has 1 atom stereocenters. The summed E-state index contributed by atoms with van der Waals surface area (Å²) in [6.45, 7) is 8.40. The quantitative estimate of drug-likeness (QED) is 0.644. The molecule has 154 valence electrons. The average molecular weight is 388 g/mol. The number of piperidine rings is 1. The minimum atomic E-state index is -0.716. The fraction of sp³-hybridized carbons (Fsp3) is 0.636. The molecule has 1 aromatic rings. The van der Waals surface area contributed by atoms with Gasteiger partial charge < -0.3 is 14.5 Å². The van der Waals surface area contributed by atoms with Gasteiger partial charge >= 0.3 is 6.03 Å². The van der Waals surface area contributed by atoms with Crippen LogP contribution in [0.25, 0.3) is 0 Å². The highest BCUT2D eigenvalue weighted by molar-refractivity contribution is 6.07. The summed E-state index contributed by atoms with van der Waals surface area (Å²) in [4.78, 5) is 32.2. The van der Waals surface area contributed by atoms with E-state index in [-0.39, 0.29) is 11.9 Å². The van der Waals surface area contributed by atoms with Crippen LogP contribution in [0.3, 0.4) is 0 Å². The third-order valence-corrected chi connectivity index (χ3v) is 6.27. The number of likely N-dealkylation sites (tertiary alicyclic amines) is 1. The molecule has 0 radical (unpaired) electrons. The second-order valence-electron chi connectivity index (χ2n) is 8.15. The summed E-state index contributed by atoms with van der Waals surface area (Å²) in [7, 11) is 1.59. The van der Waals surface area contributed by atoms with Crippen LogP contribution < -0.4 is 0 Å². The van der Waals surface area contributed by atoms with Crippen LogP contribution in [-0.2, 0) is 16.1 Å². The Morgan fingerprint density at radius 2 is 1.82 bits per heavy atom. The van der Waals surface area contributed by atoms with Crippen molar-refractivity contribution in [3.63, 3.8) is 0 Å². The van der Waals surface area contributed by atoms with Gasteiger partial charge in [-0.15, -0.1) is 0 Å². The highest BCUT2D eigenvalue weighted by Gasteiger charge is 2.57. The number of carbonyl (C=O) groups is 2. The smallest absolute Gasteiger partial charge is 0.328 e. The normalized spacial score (nSPS) is 21.0. The Kier molecular flexibility index (Phi) is 6.73. The number of benzene rings is 1. The van der Waals surface area contributed by atoms with Gasteiger partial charge in [0.15, 0.2) is 0 Å². The second kappa shape index (κ2) is 9.05. The van der Waals surface area contributed by atoms with E-state index >= 15 is 0 Å². The number of carbonyl (C=O) groups excluding carboxylic acids is 2. The van der Waals surface area contributed by atoms with E-state index < -0.39 is 5.54 Å². The molecule has 6 nitrogen and oxygen atoms in total. The Morgan fingerprint density at radius 3 is 2.43 bits per heavy atom. The summed E-state index contributed by atoms with van der Waals surface area (Å²) in [6.07, 6.45) is 2.55. The SMILES string of the molecule is CCC(C)CN1CCC2(CC1)C(=O)N(CCOC)C(=O)N2Cc1ccccc1. The topological polar surface area (TPSA) is 53.1 Å². The van der Waals surface area contributed by atoms with E-state index in [1.165, 1.54) is 4.90 Å². The molecular weight excluding hydrogens is 354 g/mol. The van der Waals surface area contributed by atoms with E-state index in [1.807, 2.05) is 35.2 Å². The van der Waals surface area contributed by atoms with Crippen molar-refractivity contribution in [2.75, 3.05) is 39.9 Å². The fourth-order valence-electron chi connectivity index (χ4n) is 4.31. The van der Waals surface area contributed by atoms with Gasteiger partial charge in [-0.25, -0.2) is 4.79 Å². The molecule has 1 unspecified atom stereocenters. The molecule has 2 fully saturated rings. The van der Waals surface area contributed by atoms with Gasteiger partial charge in [-0.1, -0.05) is 50.6 Å². The van der Waals surface area contributed by atoms with Gasteiger partial charge in [-0.3, -0.25) is 9.69 Å². The van der Waals surface area contributed by atoms with E-state index in [4.69, 9.17) is 4.74 Å². The Hall–Kier alpha value is -1.92. The predicted octanol–water partition coefficient (Wildman–Crippen LogP) is 2.98. The lowest BCUT2D eigenvalue weighted by Crippen LogP contribution is -2.56. The van der Waals surface area contributed by atoms with E-state index in [0.29, 0.717) is 38.5 Å². The highest BCUT2D eigenvalue weighted by atomic mass is 16.5. The number of amides is 3. The van der Waals surface area contributed by atoms with Crippen molar-refractivity contribution >= 4 is 11.9 Å². The Labute approximate surface area is 168 Å². The third kappa shape index (κ3) is 4.08. The first-order valence-corrected chi connectivity index (χ1v) is 10.4. The van der Waals surface area contributed by atoms with Gasteiger partial charge in [-0.2, -0.15) is 0 Å². The zero-order valence-corrected chi connectivity index (χ0v) is 17.4. The first-order chi connectivity index (χ1) is 13.5. The molecule has 3 rings (SSSR count). The van der Waals surface area contributed by atoms with Crippen LogP contribution in [0.2, 0.25) is 0 Å². The molecule has 0 bridgehead atoms. The van der Waals surface area contributed by atoms with Crippen molar-refractivity contribution in [2.45, 2.75) is 45.2 Å². The maximum Gasteiger partial charge on any atom is 0.328 e. The first-order valence-electron chi connectivity index (χ1n) is 10.4. The minimum absolute atomic E-state index is 0.0475. The van der Waals surface area contributed by atoms with Crippen molar-refractivity contribution in [1.29, 1.82) is 0 Å². The number of imide groups is 1. The average Bonchev–Trinajstić information content (AvgIpc) is 2.90. The zero-order valence-electron chi connectivity index (χ0n) is 17.4. The standard InChI is InChI=1S/C22H33N3O3/c1-4-18(2)16-23-12-10-22(11-13-23)20(26)24(14-15-28-3)21(27)25(22)17-19-8-6-5-7-9-19/h5-9,18H,4,10-17H2,1-3H3. The fourth-order valence-corrected chi connectivity index (χ4v) is 4.31. The number of hydrogen-bond acceptors (Lipinski definition) is 4. The molecule has 0 N–H and O–H groups in total. The minimum Gasteiger partial charge on any atom is -0.383 e. The highest BCUT2D eigenvalue weighted by Crippen LogP contribution is 2.38. The summed E-state index contributed by atoms with van der Waals surface area (Å²) < 4.78 is 5.13. The monoisotopic (exact) mass is 387 g/mol. The zero-order chi connectivity index (χ0) is 20.1. The van der Waals surface area contributed by atoms with Crippen molar-refractivity contribution in [3.05, 3.63) is 35.9 Å².